The second-order valence-corrected chi connectivity index (χ2v) is 6.04. The highest BCUT2D eigenvalue weighted by atomic mass is 35.5. The van der Waals surface area contributed by atoms with Gasteiger partial charge in [0.2, 0.25) is 0 Å². The van der Waals surface area contributed by atoms with E-state index in [0.29, 0.717) is 10.8 Å². The van der Waals surface area contributed by atoms with Crippen LogP contribution in [-0.4, -0.2) is 26.1 Å². The van der Waals surface area contributed by atoms with Gasteiger partial charge >= 0.3 is 0 Å². The van der Waals surface area contributed by atoms with Crippen molar-refractivity contribution >= 4 is 28.9 Å². The van der Waals surface area contributed by atoms with Crippen molar-refractivity contribution in [2.75, 3.05) is 24.3 Å². The van der Waals surface area contributed by atoms with Crippen LogP contribution in [0.3, 0.4) is 0 Å². The first-order chi connectivity index (χ1) is 10.9. The lowest BCUT2D eigenvalue weighted by atomic mass is 10.2. The quantitative estimate of drug-likeness (QED) is 0.895. The van der Waals surface area contributed by atoms with Crippen molar-refractivity contribution in [2.45, 2.75) is 20.0 Å². The van der Waals surface area contributed by atoms with E-state index in [9.17, 15) is 4.79 Å². The van der Waals surface area contributed by atoms with Crippen LogP contribution in [0.2, 0.25) is 5.02 Å². The number of nitrogens with one attached hydrogen (secondary N) is 1. The number of hydrogen-bond donors (Lipinski definition) is 1. The van der Waals surface area contributed by atoms with E-state index in [1.807, 2.05) is 56.3 Å². The van der Waals surface area contributed by atoms with Crippen LogP contribution in [0.1, 0.15) is 12.5 Å². The Balaban J connectivity index is 1.99. The van der Waals surface area contributed by atoms with Crippen LogP contribution in [0, 0.1) is 6.92 Å². The molecule has 1 N–H and O–H groups in total. The highest BCUT2D eigenvalue weighted by Gasteiger charge is 2.16. The Hall–Kier alpha value is -2.20. The SMILES string of the molecule is Cc1cc(Cl)ccc1O[C@H](C)C(=O)Nc1ccc(N(C)C)cc1. The minimum absolute atomic E-state index is 0.197. The molecule has 2 rings (SSSR count). The van der Waals surface area contributed by atoms with E-state index in [1.54, 1.807) is 19.1 Å². The maximum absolute atomic E-state index is 12.2. The Morgan fingerprint density at radius 1 is 1.17 bits per heavy atom. The molecule has 4 nitrogen and oxygen atoms in total. The van der Waals surface area contributed by atoms with Crippen LogP contribution in [0.25, 0.3) is 0 Å². The van der Waals surface area contributed by atoms with E-state index in [1.165, 1.54) is 0 Å². The largest absolute Gasteiger partial charge is 0.481 e. The molecular formula is C18H21ClN2O2. The number of benzene rings is 2. The summed E-state index contributed by atoms with van der Waals surface area (Å²) >= 11 is 5.92. The Kier molecular flexibility index (Phi) is 5.50. The van der Waals surface area contributed by atoms with E-state index in [4.69, 9.17) is 16.3 Å². The summed E-state index contributed by atoms with van der Waals surface area (Å²) in [7, 11) is 3.94. The summed E-state index contributed by atoms with van der Waals surface area (Å²) in [6.45, 7) is 3.61. The molecule has 2 aromatic carbocycles. The summed E-state index contributed by atoms with van der Waals surface area (Å²) in [6, 6.07) is 13.0. The van der Waals surface area contributed by atoms with Gasteiger partial charge in [-0.05, 0) is 61.9 Å². The molecule has 0 aliphatic carbocycles. The molecule has 23 heavy (non-hydrogen) atoms. The van der Waals surface area contributed by atoms with Gasteiger partial charge in [0, 0.05) is 30.5 Å². The maximum Gasteiger partial charge on any atom is 0.265 e. The Labute approximate surface area is 142 Å². The number of amides is 1. The van der Waals surface area contributed by atoms with Crippen molar-refractivity contribution in [1.82, 2.24) is 0 Å². The molecule has 0 aromatic heterocycles. The summed E-state index contributed by atoms with van der Waals surface area (Å²) in [5.74, 6) is 0.456. The molecule has 2 aromatic rings. The zero-order chi connectivity index (χ0) is 17.0. The number of anilines is 2. The average Bonchev–Trinajstić information content (AvgIpc) is 2.50. The van der Waals surface area contributed by atoms with E-state index in [2.05, 4.69) is 5.32 Å². The fraction of sp³-hybridized carbons (Fsp3) is 0.278. The van der Waals surface area contributed by atoms with Crippen LogP contribution in [-0.2, 0) is 4.79 Å². The number of carbonyl (C=O) groups is 1. The van der Waals surface area contributed by atoms with E-state index < -0.39 is 6.10 Å². The monoisotopic (exact) mass is 332 g/mol. The van der Waals surface area contributed by atoms with Crippen molar-refractivity contribution in [3.05, 3.63) is 53.1 Å². The standard InChI is InChI=1S/C18H21ClN2O2/c1-12-11-14(19)5-10-17(12)23-13(2)18(22)20-15-6-8-16(9-7-15)21(3)4/h5-11,13H,1-4H3,(H,20,22)/t13-/m1/s1. The molecule has 0 unspecified atom stereocenters. The third kappa shape index (κ3) is 4.63. The fourth-order valence-corrected chi connectivity index (χ4v) is 2.30. The highest BCUT2D eigenvalue weighted by Crippen LogP contribution is 2.23. The van der Waals surface area contributed by atoms with E-state index in [-0.39, 0.29) is 5.91 Å². The maximum atomic E-state index is 12.2. The van der Waals surface area contributed by atoms with Gasteiger partial charge in [0.15, 0.2) is 6.10 Å². The van der Waals surface area contributed by atoms with Gasteiger partial charge in [0.1, 0.15) is 5.75 Å². The highest BCUT2D eigenvalue weighted by molar-refractivity contribution is 6.30. The van der Waals surface area contributed by atoms with Gasteiger partial charge in [-0.3, -0.25) is 4.79 Å². The van der Waals surface area contributed by atoms with Gasteiger partial charge in [0.05, 0.1) is 0 Å². The van der Waals surface area contributed by atoms with Crippen LogP contribution >= 0.6 is 11.6 Å². The normalized spacial score (nSPS) is 11.7. The average molecular weight is 333 g/mol. The number of halogens is 1. The van der Waals surface area contributed by atoms with Crippen molar-refractivity contribution in [3.8, 4) is 5.75 Å². The van der Waals surface area contributed by atoms with Gasteiger partial charge in [-0.25, -0.2) is 0 Å². The molecule has 0 heterocycles. The van der Waals surface area contributed by atoms with Gasteiger partial charge in [-0.15, -0.1) is 0 Å². The lowest BCUT2D eigenvalue weighted by Crippen LogP contribution is -2.30. The molecule has 0 fully saturated rings. The minimum atomic E-state index is -0.608. The molecule has 0 bridgehead atoms. The second kappa shape index (κ2) is 7.38. The van der Waals surface area contributed by atoms with Crippen molar-refractivity contribution in [2.24, 2.45) is 0 Å². The first-order valence-corrected chi connectivity index (χ1v) is 7.75. The van der Waals surface area contributed by atoms with Gasteiger partial charge in [0.25, 0.3) is 5.91 Å². The third-order valence-corrected chi connectivity index (χ3v) is 3.70. The fourth-order valence-electron chi connectivity index (χ4n) is 2.08. The topological polar surface area (TPSA) is 41.6 Å². The number of rotatable bonds is 5. The molecule has 0 saturated heterocycles. The molecule has 1 atom stereocenters. The lowest BCUT2D eigenvalue weighted by molar-refractivity contribution is -0.122. The minimum Gasteiger partial charge on any atom is -0.481 e. The summed E-state index contributed by atoms with van der Waals surface area (Å²) < 4.78 is 5.72. The molecule has 0 saturated carbocycles. The van der Waals surface area contributed by atoms with E-state index in [0.717, 1.165) is 16.9 Å². The molecule has 0 aliphatic heterocycles. The number of hydrogen-bond acceptors (Lipinski definition) is 3. The third-order valence-electron chi connectivity index (χ3n) is 3.46. The first kappa shape index (κ1) is 17.2. The predicted octanol–water partition coefficient (Wildman–Crippen LogP) is 4.12. The zero-order valence-corrected chi connectivity index (χ0v) is 14.5. The zero-order valence-electron chi connectivity index (χ0n) is 13.8. The van der Waals surface area contributed by atoms with Gasteiger partial charge < -0.3 is 15.0 Å². The number of carbonyl (C=O) groups excluding carboxylic acids is 1. The summed E-state index contributed by atoms with van der Waals surface area (Å²) in [5, 5.41) is 3.50. The Morgan fingerprint density at radius 2 is 1.83 bits per heavy atom. The van der Waals surface area contributed by atoms with Gasteiger partial charge in [-0.2, -0.15) is 0 Å². The first-order valence-electron chi connectivity index (χ1n) is 7.38. The van der Waals surface area contributed by atoms with Gasteiger partial charge in [-0.1, -0.05) is 11.6 Å². The lowest BCUT2D eigenvalue weighted by Gasteiger charge is -2.17. The van der Waals surface area contributed by atoms with Crippen LogP contribution in [0.4, 0.5) is 11.4 Å². The second-order valence-electron chi connectivity index (χ2n) is 5.60. The van der Waals surface area contributed by atoms with Crippen molar-refractivity contribution in [1.29, 1.82) is 0 Å². The van der Waals surface area contributed by atoms with Crippen LogP contribution < -0.4 is 15.0 Å². The predicted molar refractivity (Wildman–Crippen MR) is 95.7 cm³/mol. The van der Waals surface area contributed by atoms with Crippen LogP contribution in [0.15, 0.2) is 42.5 Å². The van der Waals surface area contributed by atoms with Crippen molar-refractivity contribution in [3.63, 3.8) is 0 Å². The number of nitrogens with zero attached hydrogens (tertiary/aromatic N) is 1. The molecule has 0 radical (unpaired) electrons. The molecule has 0 spiro atoms. The molecular weight excluding hydrogens is 312 g/mol. The smallest absolute Gasteiger partial charge is 0.265 e. The summed E-state index contributed by atoms with van der Waals surface area (Å²) in [5.41, 5.74) is 2.71. The number of aryl methyl sites for hydroxylation is 1. The molecule has 1 amide bonds. The summed E-state index contributed by atoms with van der Waals surface area (Å²) in [4.78, 5) is 14.2. The molecule has 122 valence electrons. The molecule has 0 aliphatic rings. The Bertz CT molecular complexity index is 684. The van der Waals surface area contributed by atoms with Crippen molar-refractivity contribution < 1.29 is 9.53 Å². The van der Waals surface area contributed by atoms with Crippen LogP contribution in [0.5, 0.6) is 5.75 Å². The molecule has 5 heteroatoms. The number of ether oxygens (including phenoxy) is 1. The van der Waals surface area contributed by atoms with E-state index >= 15 is 0 Å². The Morgan fingerprint density at radius 3 is 2.39 bits per heavy atom. The summed E-state index contributed by atoms with van der Waals surface area (Å²) in [6.07, 6.45) is -0.608.